The Labute approximate surface area is 132 Å². The van der Waals surface area contributed by atoms with Gasteiger partial charge in [-0.1, -0.05) is 41.4 Å². The lowest BCUT2D eigenvalue weighted by Gasteiger charge is -2.09. The van der Waals surface area contributed by atoms with Crippen molar-refractivity contribution in [1.82, 2.24) is 10.6 Å². The molecule has 0 radical (unpaired) electrons. The number of rotatable bonds is 6. The number of hydrogen-bond acceptors (Lipinski definition) is 2. The lowest BCUT2D eigenvalue weighted by molar-refractivity contribution is -0.120. The fourth-order valence-corrected chi connectivity index (χ4v) is 2.05. The van der Waals surface area contributed by atoms with E-state index in [0.717, 1.165) is 10.9 Å². The minimum Gasteiger partial charge on any atom is -0.355 e. The summed E-state index contributed by atoms with van der Waals surface area (Å²) in [7, 11) is 0. The first kappa shape index (κ1) is 17.0. The standard InChI is InChI=1S/C14H18BrClN2O2/c1-9(2)5-6-17-13(19)8-18-14(20)11-7-10(15)3-4-12(11)16/h3-4,7,9H,5-6,8H2,1-2H3,(H,17,19)(H,18,20). The largest absolute Gasteiger partial charge is 0.355 e. The highest BCUT2D eigenvalue weighted by molar-refractivity contribution is 9.10. The van der Waals surface area contributed by atoms with Crippen LogP contribution in [0.1, 0.15) is 30.6 Å². The fraction of sp³-hybridized carbons (Fsp3) is 0.429. The fourth-order valence-electron chi connectivity index (χ4n) is 1.49. The predicted octanol–water partition coefficient (Wildman–Crippen LogP) is 2.99. The number of nitrogens with one attached hydrogen (secondary N) is 2. The van der Waals surface area contributed by atoms with E-state index in [9.17, 15) is 9.59 Å². The van der Waals surface area contributed by atoms with E-state index in [2.05, 4.69) is 40.4 Å². The van der Waals surface area contributed by atoms with Gasteiger partial charge in [0.2, 0.25) is 5.91 Å². The Balaban J connectivity index is 2.43. The number of amides is 2. The summed E-state index contributed by atoms with van der Waals surface area (Å²) in [5.74, 6) is -0.0363. The van der Waals surface area contributed by atoms with Crippen LogP contribution in [0.2, 0.25) is 5.02 Å². The zero-order valence-electron chi connectivity index (χ0n) is 11.5. The molecule has 1 aromatic rings. The lowest BCUT2D eigenvalue weighted by Crippen LogP contribution is -2.37. The highest BCUT2D eigenvalue weighted by Crippen LogP contribution is 2.20. The van der Waals surface area contributed by atoms with Crippen LogP contribution >= 0.6 is 27.5 Å². The first-order valence-corrected chi connectivity index (χ1v) is 7.57. The molecule has 110 valence electrons. The van der Waals surface area contributed by atoms with Crippen LogP contribution < -0.4 is 10.6 Å². The minimum atomic E-state index is -0.365. The Bertz CT molecular complexity index is 492. The minimum absolute atomic E-state index is 0.0558. The molecule has 0 heterocycles. The maximum absolute atomic E-state index is 11.9. The highest BCUT2D eigenvalue weighted by Gasteiger charge is 2.12. The predicted molar refractivity (Wildman–Crippen MR) is 83.9 cm³/mol. The second-order valence-electron chi connectivity index (χ2n) is 4.84. The summed E-state index contributed by atoms with van der Waals surface area (Å²) < 4.78 is 0.758. The molecule has 20 heavy (non-hydrogen) atoms. The van der Waals surface area contributed by atoms with E-state index in [-0.39, 0.29) is 18.4 Å². The van der Waals surface area contributed by atoms with Crippen LogP contribution in [0.25, 0.3) is 0 Å². The Morgan fingerprint density at radius 2 is 2.00 bits per heavy atom. The molecular weight excluding hydrogens is 344 g/mol. The van der Waals surface area contributed by atoms with Crippen molar-refractivity contribution in [3.8, 4) is 0 Å². The van der Waals surface area contributed by atoms with Crippen molar-refractivity contribution in [3.05, 3.63) is 33.3 Å². The van der Waals surface area contributed by atoms with Crippen molar-refractivity contribution in [2.75, 3.05) is 13.1 Å². The molecule has 2 amide bonds. The normalized spacial score (nSPS) is 10.4. The first-order chi connectivity index (χ1) is 9.40. The summed E-state index contributed by atoms with van der Waals surface area (Å²) in [6.45, 7) is 4.73. The lowest BCUT2D eigenvalue weighted by atomic mass is 10.1. The van der Waals surface area contributed by atoms with Gasteiger partial charge < -0.3 is 10.6 Å². The van der Waals surface area contributed by atoms with Crippen molar-refractivity contribution in [2.45, 2.75) is 20.3 Å². The summed E-state index contributed by atoms with van der Waals surface area (Å²) in [6, 6.07) is 5.00. The zero-order valence-corrected chi connectivity index (χ0v) is 13.8. The van der Waals surface area contributed by atoms with Crippen LogP contribution in [0, 0.1) is 5.92 Å². The van der Waals surface area contributed by atoms with Gasteiger partial charge in [-0.3, -0.25) is 9.59 Å². The SMILES string of the molecule is CC(C)CCNC(=O)CNC(=O)c1cc(Br)ccc1Cl. The molecule has 0 aliphatic rings. The van der Waals surface area contributed by atoms with Crippen LogP contribution in [0.15, 0.2) is 22.7 Å². The van der Waals surface area contributed by atoms with Gasteiger partial charge in [0, 0.05) is 11.0 Å². The summed E-state index contributed by atoms with van der Waals surface area (Å²) >= 11 is 9.22. The topological polar surface area (TPSA) is 58.2 Å². The van der Waals surface area contributed by atoms with E-state index >= 15 is 0 Å². The van der Waals surface area contributed by atoms with Gasteiger partial charge in [-0.15, -0.1) is 0 Å². The third-order valence-corrected chi connectivity index (χ3v) is 3.45. The van der Waals surface area contributed by atoms with Crippen LogP contribution in [0.5, 0.6) is 0 Å². The third kappa shape index (κ3) is 5.92. The summed E-state index contributed by atoms with van der Waals surface area (Å²) in [6.07, 6.45) is 0.914. The van der Waals surface area contributed by atoms with Crippen LogP contribution in [-0.4, -0.2) is 24.9 Å². The van der Waals surface area contributed by atoms with E-state index < -0.39 is 0 Å². The molecule has 0 unspecified atom stereocenters. The molecule has 0 bridgehead atoms. The van der Waals surface area contributed by atoms with E-state index in [1.165, 1.54) is 0 Å². The molecule has 0 saturated carbocycles. The molecule has 0 atom stereocenters. The number of carbonyl (C=O) groups excluding carboxylic acids is 2. The summed E-state index contributed by atoms with van der Waals surface area (Å²) in [4.78, 5) is 23.5. The van der Waals surface area contributed by atoms with Crippen molar-refractivity contribution in [3.63, 3.8) is 0 Å². The molecule has 4 nitrogen and oxygen atoms in total. The Morgan fingerprint density at radius 1 is 1.30 bits per heavy atom. The van der Waals surface area contributed by atoms with Crippen LogP contribution in [-0.2, 0) is 4.79 Å². The quantitative estimate of drug-likeness (QED) is 0.818. The van der Waals surface area contributed by atoms with Gasteiger partial charge in [-0.25, -0.2) is 0 Å². The Morgan fingerprint density at radius 3 is 2.65 bits per heavy atom. The highest BCUT2D eigenvalue weighted by atomic mass is 79.9. The second-order valence-corrected chi connectivity index (χ2v) is 6.16. The van der Waals surface area contributed by atoms with Gasteiger partial charge in [0.25, 0.3) is 5.91 Å². The number of carbonyl (C=O) groups is 2. The van der Waals surface area contributed by atoms with Crippen molar-refractivity contribution >= 4 is 39.3 Å². The molecule has 0 aromatic heterocycles. The van der Waals surface area contributed by atoms with Crippen molar-refractivity contribution in [1.29, 1.82) is 0 Å². The van der Waals surface area contributed by atoms with E-state index in [4.69, 9.17) is 11.6 Å². The molecule has 0 spiro atoms. The van der Waals surface area contributed by atoms with Crippen LogP contribution in [0.4, 0.5) is 0 Å². The monoisotopic (exact) mass is 360 g/mol. The van der Waals surface area contributed by atoms with Gasteiger partial charge in [-0.05, 0) is 30.5 Å². The van der Waals surface area contributed by atoms with Gasteiger partial charge >= 0.3 is 0 Å². The second kappa shape index (κ2) is 8.27. The van der Waals surface area contributed by atoms with Gasteiger partial charge in [0.05, 0.1) is 17.1 Å². The smallest absolute Gasteiger partial charge is 0.253 e. The molecule has 0 aliphatic heterocycles. The molecule has 0 fully saturated rings. The maximum atomic E-state index is 11.9. The third-order valence-electron chi connectivity index (χ3n) is 2.63. The van der Waals surface area contributed by atoms with E-state index in [0.29, 0.717) is 23.0 Å². The van der Waals surface area contributed by atoms with Gasteiger partial charge in [0.1, 0.15) is 0 Å². The van der Waals surface area contributed by atoms with Crippen molar-refractivity contribution in [2.24, 2.45) is 5.92 Å². The number of hydrogen-bond donors (Lipinski definition) is 2. The van der Waals surface area contributed by atoms with Gasteiger partial charge in [-0.2, -0.15) is 0 Å². The number of halogens is 2. The first-order valence-electron chi connectivity index (χ1n) is 6.40. The molecule has 2 N–H and O–H groups in total. The van der Waals surface area contributed by atoms with Gasteiger partial charge in [0.15, 0.2) is 0 Å². The maximum Gasteiger partial charge on any atom is 0.253 e. The molecule has 1 rings (SSSR count). The van der Waals surface area contributed by atoms with E-state index in [1.807, 2.05) is 0 Å². The molecule has 0 saturated heterocycles. The molecular formula is C14H18BrClN2O2. The van der Waals surface area contributed by atoms with Crippen LogP contribution in [0.3, 0.4) is 0 Å². The zero-order chi connectivity index (χ0) is 15.1. The average molecular weight is 362 g/mol. The molecule has 6 heteroatoms. The summed E-state index contributed by atoms with van der Waals surface area (Å²) in [5.41, 5.74) is 0.344. The Kier molecular flexibility index (Phi) is 7.02. The number of benzene rings is 1. The summed E-state index contributed by atoms with van der Waals surface area (Å²) in [5, 5.41) is 5.65. The molecule has 0 aliphatic carbocycles. The Hall–Kier alpha value is -1.07. The molecule has 1 aromatic carbocycles. The van der Waals surface area contributed by atoms with E-state index in [1.54, 1.807) is 18.2 Å². The average Bonchev–Trinajstić information content (AvgIpc) is 2.38. The van der Waals surface area contributed by atoms with Crippen molar-refractivity contribution < 1.29 is 9.59 Å².